The Morgan fingerprint density at radius 2 is 1.61 bits per heavy atom. The van der Waals surface area contributed by atoms with Crippen LogP contribution in [0.5, 0.6) is 5.75 Å². The number of carboxylic acid groups (broad SMARTS) is 1. The van der Waals surface area contributed by atoms with Crippen LogP contribution in [0.15, 0.2) is 66.9 Å². The molecule has 0 bridgehead atoms. The van der Waals surface area contributed by atoms with Crippen LogP contribution in [0.1, 0.15) is 64.8 Å². The third kappa shape index (κ3) is 6.85. The molecule has 2 aromatic heterocycles. The summed E-state index contributed by atoms with van der Waals surface area (Å²) in [7, 11) is 0. The summed E-state index contributed by atoms with van der Waals surface area (Å²) in [6.07, 6.45) is -7.36. The Labute approximate surface area is 259 Å². The number of piperidine rings is 1. The van der Waals surface area contributed by atoms with Crippen molar-refractivity contribution in [3.8, 4) is 22.8 Å². The SMILES string of the molecule is CCC(=O)N1CCC(c2ccc(COc3c(-c4cccc(-n5ncc(C(=O)O)c5C(F)(F)F)n4)cccc3C(F)(F)F)cc2)CC1. The number of hydrogen-bond donors (Lipinski definition) is 1. The quantitative estimate of drug-likeness (QED) is 0.201. The number of nitrogens with zero attached hydrogens (tertiary/aromatic N) is 4. The van der Waals surface area contributed by atoms with Gasteiger partial charge in [-0.1, -0.05) is 43.3 Å². The van der Waals surface area contributed by atoms with Crippen LogP contribution in [-0.2, 0) is 23.8 Å². The van der Waals surface area contributed by atoms with Crippen molar-refractivity contribution in [3.63, 3.8) is 0 Å². The van der Waals surface area contributed by atoms with Crippen molar-refractivity contribution >= 4 is 11.9 Å². The van der Waals surface area contributed by atoms with Gasteiger partial charge >= 0.3 is 18.3 Å². The number of aromatic carboxylic acids is 1. The van der Waals surface area contributed by atoms with E-state index in [1.165, 1.54) is 18.2 Å². The molecular weight excluding hydrogens is 618 g/mol. The van der Waals surface area contributed by atoms with Crippen molar-refractivity contribution in [2.24, 2.45) is 0 Å². The van der Waals surface area contributed by atoms with Crippen LogP contribution in [0.4, 0.5) is 26.3 Å². The van der Waals surface area contributed by atoms with Gasteiger partial charge in [0.2, 0.25) is 5.91 Å². The number of carbonyl (C=O) groups is 2. The van der Waals surface area contributed by atoms with Gasteiger partial charge in [-0.3, -0.25) is 4.79 Å². The van der Waals surface area contributed by atoms with Crippen LogP contribution in [0.3, 0.4) is 0 Å². The maximum atomic E-state index is 14.1. The number of carboxylic acids is 1. The zero-order valence-corrected chi connectivity index (χ0v) is 24.4. The van der Waals surface area contributed by atoms with Gasteiger partial charge in [0.1, 0.15) is 17.9 Å². The molecule has 0 radical (unpaired) electrons. The number of aromatic nitrogens is 3. The highest BCUT2D eigenvalue weighted by Crippen LogP contribution is 2.42. The van der Waals surface area contributed by atoms with Crippen molar-refractivity contribution < 1.29 is 45.8 Å². The minimum atomic E-state index is -5.12. The largest absolute Gasteiger partial charge is 0.488 e. The number of ether oxygens (including phenoxy) is 1. The smallest absolute Gasteiger partial charge is 0.434 e. The number of halogens is 6. The Morgan fingerprint density at radius 1 is 0.935 bits per heavy atom. The molecule has 14 heteroatoms. The molecular formula is C32H28F6N4O4. The lowest BCUT2D eigenvalue weighted by atomic mass is 9.89. The van der Waals surface area contributed by atoms with E-state index in [1.54, 1.807) is 12.1 Å². The fourth-order valence-corrected chi connectivity index (χ4v) is 5.49. The second kappa shape index (κ2) is 12.9. The Morgan fingerprint density at radius 3 is 2.22 bits per heavy atom. The molecule has 1 N–H and O–H groups in total. The normalized spacial score (nSPS) is 14.4. The summed E-state index contributed by atoms with van der Waals surface area (Å²) in [5.74, 6) is -2.53. The van der Waals surface area contributed by atoms with Gasteiger partial charge in [0.15, 0.2) is 11.5 Å². The number of amides is 1. The zero-order valence-electron chi connectivity index (χ0n) is 24.4. The van der Waals surface area contributed by atoms with Gasteiger partial charge in [0.05, 0.1) is 17.5 Å². The van der Waals surface area contributed by atoms with Crippen LogP contribution in [0.25, 0.3) is 17.1 Å². The average molecular weight is 647 g/mol. The molecule has 0 atom stereocenters. The number of pyridine rings is 1. The fraction of sp³-hybridized carbons (Fsp3) is 0.312. The molecule has 1 amide bonds. The number of carbonyl (C=O) groups excluding carboxylic acids is 1. The number of likely N-dealkylation sites (tertiary alicyclic amines) is 1. The van der Waals surface area contributed by atoms with E-state index in [4.69, 9.17) is 4.74 Å². The van der Waals surface area contributed by atoms with Gasteiger partial charge in [-0.25, -0.2) is 14.5 Å². The summed E-state index contributed by atoms with van der Waals surface area (Å²) in [6.45, 7) is 2.90. The first-order valence-corrected chi connectivity index (χ1v) is 14.3. The van der Waals surface area contributed by atoms with Gasteiger partial charge in [-0.15, -0.1) is 0 Å². The molecule has 4 aromatic rings. The Kier molecular flexibility index (Phi) is 9.08. The summed E-state index contributed by atoms with van der Waals surface area (Å²) in [4.78, 5) is 29.3. The van der Waals surface area contributed by atoms with Gasteiger partial charge in [-0.2, -0.15) is 31.4 Å². The van der Waals surface area contributed by atoms with Crippen LogP contribution in [0.2, 0.25) is 0 Å². The molecule has 242 valence electrons. The molecule has 0 spiro atoms. The monoisotopic (exact) mass is 646 g/mol. The van der Waals surface area contributed by atoms with Crippen molar-refractivity contribution in [3.05, 3.63) is 94.8 Å². The van der Waals surface area contributed by atoms with E-state index in [9.17, 15) is 41.0 Å². The van der Waals surface area contributed by atoms with Crippen molar-refractivity contribution in [2.45, 2.75) is 51.1 Å². The van der Waals surface area contributed by atoms with Gasteiger partial charge in [0.25, 0.3) is 0 Å². The van der Waals surface area contributed by atoms with Crippen molar-refractivity contribution in [1.29, 1.82) is 0 Å². The minimum Gasteiger partial charge on any atom is -0.488 e. The highest BCUT2D eigenvalue weighted by Gasteiger charge is 2.41. The Bertz CT molecular complexity index is 1730. The predicted molar refractivity (Wildman–Crippen MR) is 153 cm³/mol. The third-order valence-corrected chi connectivity index (χ3v) is 7.80. The lowest BCUT2D eigenvalue weighted by Crippen LogP contribution is -2.37. The van der Waals surface area contributed by atoms with E-state index >= 15 is 0 Å². The van der Waals surface area contributed by atoms with Crippen molar-refractivity contribution in [2.75, 3.05) is 13.1 Å². The molecule has 5 rings (SSSR count). The molecule has 8 nitrogen and oxygen atoms in total. The Balaban J connectivity index is 1.42. The summed E-state index contributed by atoms with van der Waals surface area (Å²) < 4.78 is 89.8. The topological polar surface area (TPSA) is 97.6 Å². The maximum absolute atomic E-state index is 14.1. The third-order valence-electron chi connectivity index (χ3n) is 7.80. The highest BCUT2D eigenvalue weighted by molar-refractivity contribution is 5.89. The number of benzene rings is 2. The molecule has 1 aliphatic rings. The van der Waals surface area contributed by atoms with Crippen LogP contribution in [-0.4, -0.2) is 49.7 Å². The molecule has 1 fully saturated rings. The van der Waals surface area contributed by atoms with Gasteiger partial charge in [-0.05, 0) is 54.2 Å². The summed E-state index contributed by atoms with van der Waals surface area (Å²) in [6, 6.07) is 14.2. The highest BCUT2D eigenvalue weighted by atomic mass is 19.4. The maximum Gasteiger partial charge on any atom is 0.434 e. The molecule has 3 heterocycles. The van der Waals surface area contributed by atoms with E-state index in [1.807, 2.05) is 24.0 Å². The molecule has 46 heavy (non-hydrogen) atoms. The summed E-state index contributed by atoms with van der Waals surface area (Å²) in [5.41, 5.74) is -2.46. The van der Waals surface area contributed by atoms with E-state index < -0.39 is 46.7 Å². The average Bonchev–Trinajstić information content (AvgIpc) is 3.50. The molecule has 0 saturated carbocycles. The molecule has 2 aromatic carbocycles. The van der Waals surface area contributed by atoms with E-state index in [0.717, 1.165) is 36.6 Å². The second-order valence-electron chi connectivity index (χ2n) is 10.7. The first-order chi connectivity index (χ1) is 21.8. The van der Waals surface area contributed by atoms with E-state index in [2.05, 4.69) is 10.1 Å². The van der Waals surface area contributed by atoms with Gasteiger partial charge in [0, 0.05) is 25.1 Å². The summed E-state index contributed by atoms with van der Waals surface area (Å²) in [5, 5.41) is 12.8. The lowest BCUT2D eigenvalue weighted by Gasteiger charge is -2.32. The van der Waals surface area contributed by atoms with E-state index in [-0.39, 0.29) is 34.4 Å². The standard InChI is InChI=1S/C32H28F6N4O4/c1-2-27(43)41-15-13-21(14-16-41)20-11-9-19(10-12-20)18-46-28-22(5-3-6-24(28)31(33,34)35)25-7-4-8-26(40-25)42-29(32(36,37)38)23(17-39-42)30(44)45/h3-12,17,21H,2,13-16,18H2,1H3,(H,44,45). The van der Waals surface area contributed by atoms with Crippen LogP contribution < -0.4 is 4.74 Å². The van der Waals surface area contributed by atoms with E-state index in [0.29, 0.717) is 31.3 Å². The Hall–Kier alpha value is -4.88. The van der Waals surface area contributed by atoms with Crippen molar-refractivity contribution in [1.82, 2.24) is 19.7 Å². The number of rotatable bonds is 8. The summed E-state index contributed by atoms with van der Waals surface area (Å²) >= 11 is 0. The first kappa shape index (κ1) is 32.5. The lowest BCUT2D eigenvalue weighted by molar-refractivity contribution is -0.143. The molecule has 1 saturated heterocycles. The zero-order chi connectivity index (χ0) is 33.2. The van der Waals surface area contributed by atoms with Crippen LogP contribution >= 0.6 is 0 Å². The second-order valence-corrected chi connectivity index (χ2v) is 10.7. The molecule has 0 unspecified atom stereocenters. The molecule has 0 aliphatic carbocycles. The number of hydrogen-bond acceptors (Lipinski definition) is 5. The minimum absolute atomic E-state index is 0.117. The first-order valence-electron chi connectivity index (χ1n) is 14.3. The van der Waals surface area contributed by atoms with Crippen LogP contribution in [0, 0.1) is 0 Å². The van der Waals surface area contributed by atoms with Gasteiger partial charge < -0.3 is 14.7 Å². The predicted octanol–water partition coefficient (Wildman–Crippen LogP) is 7.37. The number of para-hydroxylation sites is 1. The fourth-order valence-electron chi connectivity index (χ4n) is 5.49. The molecule has 1 aliphatic heterocycles. The number of alkyl halides is 6.